The molecule has 4 rings (SSSR count). The smallest absolute Gasteiger partial charge is 0.192 e. The zero-order valence-corrected chi connectivity index (χ0v) is 15.0. The van der Waals surface area contributed by atoms with Gasteiger partial charge in [0.1, 0.15) is 5.69 Å². The summed E-state index contributed by atoms with van der Waals surface area (Å²) in [4.78, 5) is 10.1. The maximum Gasteiger partial charge on any atom is 0.192 e. The first kappa shape index (κ1) is 16.0. The molecule has 0 amide bonds. The first-order valence-corrected chi connectivity index (χ1v) is 9.66. The number of thiophene rings is 1. The third-order valence-electron chi connectivity index (χ3n) is 3.58. The zero-order chi connectivity index (χ0) is 16.9. The minimum Gasteiger partial charge on any atom is -0.295 e. The molecular formula is C18H15N5S2. The van der Waals surface area contributed by atoms with E-state index in [9.17, 15) is 0 Å². The summed E-state index contributed by atoms with van der Waals surface area (Å²) >= 11 is 3.37. The van der Waals surface area contributed by atoms with E-state index in [1.54, 1.807) is 29.3 Å². The van der Waals surface area contributed by atoms with Crippen molar-refractivity contribution in [1.82, 2.24) is 24.7 Å². The molecule has 5 nitrogen and oxygen atoms in total. The quantitative estimate of drug-likeness (QED) is 0.481. The summed E-state index contributed by atoms with van der Waals surface area (Å²) < 4.78 is 2.13. The van der Waals surface area contributed by atoms with Crippen LogP contribution in [0.5, 0.6) is 0 Å². The van der Waals surface area contributed by atoms with Gasteiger partial charge in [-0.2, -0.15) is 0 Å². The van der Waals surface area contributed by atoms with Crippen LogP contribution >= 0.6 is 23.1 Å². The van der Waals surface area contributed by atoms with Crippen molar-refractivity contribution < 1.29 is 0 Å². The fraction of sp³-hybridized carbons (Fsp3) is 0.111. The van der Waals surface area contributed by atoms with E-state index in [2.05, 4.69) is 42.2 Å². The van der Waals surface area contributed by atoms with Crippen LogP contribution in [-0.2, 0) is 12.3 Å². The predicted octanol–water partition coefficient (Wildman–Crippen LogP) is 4.14. The van der Waals surface area contributed by atoms with E-state index in [1.165, 1.54) is 4.88 Å². The molecule has 4 aromatic heterocycles. The fourth-order valence-corrected chi connectivity index (χ4v) is 3.95. The van der Waals surface area contributed by atoms with Crippen molar-refractivity contribution in [2.24, 2.45) is 0 Å². The van der Waals surface area contributed by atoms with Gasteiger partial charge in [0.25, 0.3) is 0 Å². The van der Waals surface area contributed by atoms with Crippen molar-refractivity contribution in [2.75, 3.05) is 0 Å². The molecule has 124 valence electrons. The Hall–Kier alpha value is -2.51. The van der Waals surface area contributed by atoms with Crippen LogP contribution in [0.25, 0.3) is 11.5 Å². The molecule has 4 heterocycles. The fourth-order valence-electron chi connectivity index (χ4n) is 2.40. The molecule has 0 unspecified atom stereocenters. The van der Waals surface area contributed by atoms with E-state index < -0.39 is 0 Å². The summed E-state index contributed by atoms with van der Waals surface area (Å²) in [6, 6.07) is 16.0. The summed E-state index contributed by atoms with van der Waals surface area (Å²) in [5, 5.41) is 11.8. The lowest BCUT2D eigenvalue weighted by molar-refractivity contribution is 0.721. The summed E-state index contributed by atoms with van der Waals surface area (Å²) in [6.45, 7) is 0.737. The highest BCUT2D eigenvalue weighted by molar-refractivity contribution is 7.98. The molecule has 25 heavy (non-hydrogen) atoms. The van der Waals surface area contributed by atoms with Gasteiger partial charge in [-0.3, -0.25) is 14.5 Å². The Morgan fingerprint density at radius 2 is 1.80 bits per heavy atom. The van der Waals surface area contributed by atoms with Crippen LogP contribution in [0.1, 0.15) is 10.6 Å². The average Bonchev–Trinajstić information content (AvgIpc) is 3.32. The molecule has 4 aromatic rings. The Labute approximate surface area is 153 Å². The van der Waals surface area contributed by atoms with Crippen molar-refractivity contribution in [3.05, 3.63) is 76.9 Å². The number of hydrogen-bond donors (Lipinski definition) is 0. The van der Waals surface area contributed by atoms with Crippen LogP contribution < -0.4 is 0 Å². The number of thioether (sulfide) groups is 1. The number of nitrogens with zero attached hydrogens (tertiary/aromatic N) is 5. The lowest BCUT2D eigenvalue weighted by atomic mass is 10.3. The zero-order valence-electron chi connectivity index (χ0n) is 13.3. The van der Waals surface area contributed by atoms with E-state index in [0.29, 0.717) is 0 Å². The summed E-state index contributed by atoms with van der Waals surface area (Å²) in [5.74, 6) is 1.54. The molecule has 0 N–H and O–H groups in total. The molecule has 0 fully saturated rings. The maximum absolute atomic E-state index is 4.43. The topological polar surface area (TPSA) is 56.5 Å². The van der Waals surface area contributed by atoms with Crippen LogP contribution in [0.4, 0.5) is 0 Å². The van der Waals surface area contributed by atoms with Gasteiger partial charge in [0.05, 0.1) is 12.2 Å². The highest BCUT2D eigenvalue weighted by atomic mass is 32.2. The molecule has 0 bridgehead atoms. The molecule has 0 atom stereocenters. The van der Waals surface area contributed by atoms with Crippen molar-refractivity contribution in [3.8, 4) is 11.5 Å². The van der Waals surface area contributed by atoms with Gasteiger partial charge in [-0.05, 0) is 35.7 Å². The van der Waals surface area contributed by atoms with Crippen LogP contribution in [0, 0.1) is 0 Å². The molecule has 0 saturated heterocycles. The van der Waals surface area contributed by atoms with Gasteiger partial charge < -0.3 is 0 Å². The minimum atomic E-state index is 0.737. The van der Waals surface area contributed by atoms with E-state index in [1.807, 2.05) is 42.6 Å². The van der Waals surface area contributed by atoms with E-state index in [4.69, 9.17) is 0 Å². The predicted molar refractivity (Wildman–Crippen MR) is 100 cm³/mol. The van der Waals surface area contributed by atoms with E-state index >= 15 is 0 Å². The highest BCUT2D eigenvalue weighted by Gasteiger charge is 2.16. The molecule has 0 saturated carbocycles. The van der Waals surface area contributed by atoms with Crippen LogP contribution in [0.3, 0.4) is 0 Å². The molecule has 0 aliphatic rings. The lowest BCUT2D eigenvalue weighted by Crippen LogP contribution is -2.03. The Morgan fingerprint density at radius 3 is 2.52 bits per heavy atom. The Balaban J connectivity index is 1.65. The number of pyridine rings is 2. The van der Waals surface area contributed by atoms with Gasteiger partial charge in [0, 0.05) is 23.0 Å². The van der Waals surface area contributed by atoms with Crippen molar-refractivity contribution in [2.45, 2.75) is 17.5 Å². The van der Waals surface area contributed by atoms with E-state index in [0.717, 1.165) is 34.7 Å². The van der Waals surface area contributed by atoms with Gasteiger partial charge in [-0.1, -0.05) is 30.0 Å². The molecule has 0 radical (unpaired) electrons. The third-order valence-corrected chi connectivity index (χ3v) is 5.44. The summed E-state index contributed by atoms with van der Waals surface area (Å²) in [7, 11) is 0. The standard InChI is InChI=1S/C18H15N5S2/c1-3-9-19-14(6-1)13-25-18-22-21-17(16-8-2-4-10-20-16)23(18)12-15-7-5-11-24-15/h1-11H,12-13H2. The average molecular weight is 365 g/mol. The number of hydrogen-bond acceptors (Lipinski definition) is 6. The van der Waals surface area contributed by atoms with Crippen molar-refractivity contribution in [3.63, 3.8) is 0 Å². The van der Waals surface area contributed by atoms with Crippen molar-refractivity contribution >= 4 is 23.1 Å². The number of aromatic nitrogens is 5. The Bertz CT molecular complexity index is 921. The first-order valence-electron chi connectivity index (χ1n) is 7.80. The number of rotatable bonds is 6. The van der Waals surface area contributed by atoms with Gasteiger partial charge in [0.2, 0.25) is 0 Å². The summed E-state index contributed by atoms with van der Waals surface area (Å²) in [5.41, 5.74) is 1.86. The SMILES string of the molecule is c1ccc(CSc2nnc(-c3ccccn3)n2Cc2cccs2)nc1. The molecule has 0 aliphatic carbocycles. The van der Waals surface area contributed by atoms with Crippen LogP contribution in [0.15, 0.2) is 71.5 Å². The second-order valence-corrected chi connectivity index (χ2v) is 7.27. The molecule has 0 aliphatic heterocycles. The largest absolute Gasteiger partial charge is 0.295 e. The molecule has 7 heteroatoms. The third kappa shape index (κ3) is 3.78. The van der Waals surface area contributed by atoms with Gasteiger partial charge in [-0.15, -0.1) is 21.5 Å². The second kappa shape index (κ2) is 7.58. The highest BCUT2D eigenvalue weighted by Crippen LogP contribution is 2.26. The van der Waals surface area contributed by atoms with Crippen LogP contribution in [0.2, 0.25) is 0 Å². The summed E-state index contributed by atoms with van der Waals surface area (Å²) in [6.07, 6.45) is 3.59. The lowest BCUT2D eigenvalue weighted by Gasteiger charge is -2.08. The minimum absolute atomic E-state index is 0.737. The monoisotopic (exact) mass is 365 g/mol. The second-order valence-electron chi connectivity index (χ2n) is 5.30. The maximum atomic E-state index is 4.43. The van der Waals surface area contributed by atoms with Gasteiger partial charge in [0.15, 0.2) is 11.0 Å². The Morgan fingerprint density at radius 1 is 0.920 bits per heavy atom. The molecule has 0 aromatic carbocycles. The van der Waals surface area contributed by atoms with Crippen molar-refractivity contribution in [1.29, 1.82) is 0 Å². The van der Waals surface area contributed by atoms with E-state index in [-0.39, 0.29) is 0 Å². The van der Waals surface area contributed by atoms with Gasteiger partial charge in [-0.25, -0.2) is 0 Å². The van der Waals surface area contributed by atoms with Gasteiger partial charge >= 0.3 is 0 Å². The first-order chi connectivity index (χ1) is 12.4. The normalized spacial score (nSPS) is 10.9. The molecular weight excluding hydrogens is 350 g/mol. The Kier molecular flexibility index (Phi) is 4.85. The van der Waals surface area contributed by atoms with Crippen LogP contribution in [-0.4, -0.2) is 24.7 Å². The molecule has 0 spiro atoms.